The highest BCUT2D eigenvalue weighted by Crippen LogP contribution is 2.26. The van der Waals surface area contributed by atoms with Crippen molar-refractivity contribution in [3.8, 4) is 0 Å². The Morgan fingerprint density at radius 3 is 2.50 bits per heavy atom. The Bertz CT molecular complexity index is 250. The molecule has 4 atom stereocenters. The zero-order chi connectivity index (χ0) is 15.0. The van der Waals surface area contributed by atoms with E-state index in [1.54, 1.807) is 7.11 Å². The fourth-order valence-corrected chi connectivity index (χ4v) is 2.67. The number of methoxy groups -OCH3 is 1. The molecule has 0 spiro atoms. The van der Waals surface area contributed by atoms with Crippen molar-refractivity contribution in [1.82, 2.24) is 0 Å². The van der Waals surface area contributed by atoms with Crippen LogP contribution < -0.4 is 0 Å². The quantitative estimate of drug-likeness (QED) is 0.453. The molecule has 0 bridgehead atoms. The van der Waals surface area contributed by atoms with Gasteiger partial charge in [0.1, 0.15) is 26.2 Å². The molecular weight excluding hydrogens is 255 g/mol. The van der Waals surface area contributed by atoms with E-state index in [1.165, 1.54) is 19.3 Å². The maximum atomic E-state index is 6.05. The lowest BCUT2D eigenvalue weighted by Gasteiger charge is -2.26. The van der Waals surface area contributed by atoms with Gasteiger partial charge in [-0.15, -0.1) is 0 Å². The summed E-state index contributed by atoms with van der Waals surface area (Å²) in [5.74, 6) is 0. The second kappa shape index (κ2) is 9.77. The van der Waals surface area contributed by atoms with Crippen molar-refractivity contribution in [2.75, 3.05) is 20.3 Å². The highest BCUT2D eigenvalue weighted by molar-refractivity contribution is 6.11. The maximum Gasteiger partial charge on any atom is 0.142 e. The van der Waals surface area contributed by atoms with Gasteiger partial charge in [-0.2, -0.15) is 0 Å². The average Bonchev–Trinajstić information content (AvgIpc) is 2.66. The highest BCUT2D eigenvalue weighted by Gasteiger charge is 2.44. The summed E-state index contributed by atoms with van der Waals surface area (Å²) in [5, 5.41) is 0. The van der Waals surface area contributed by atoms with Gasteiger partial charge in [-0.1, -0.05) is 26.2 Å². The van der Waals surface area contributed by atoms with Gasteiger partial charge >= 0.3 is 0 Å². The van der Waals surface area contributed by atoms with E-state index in [4.69, 9.17) is 18.9 Å². The molecule has 0 aromatic carbocycles. The van der Waals surface area contributed by atoms with Crippen LogP contribution in [0.3, 0.4) is 0 Å². The van der Waals surface area contributed by atoms with Crippen LogP contribution in [0.2, 0.25) is 0 Å². The Morgan fingerprint density at radius 1 is 1.15 bits per heavy atom. The fraction of sp³-hybridized carbons (Fsp3) is 1.00. The molecule has 1 aliphatic rings. The average molecular weight is 286 g/mol. The first kappa shape index (κ1) is 18.0. The van der Waals surface area contributed by atoms with Crippen molar-refractivity contribution in [1.29, 1.82) is 0 Å². The number of ether oxygens (including phenoxy) is 4. The number of unbranched alkanes of at least 4 members (excludes halogenated alkanes) is 3. The monoisotopic (exact) mass is 286 g/mol. The normalized spacial score (nSPS) is 30.2. The molecule has 4 nitrogen and oxygen atoms in total. The van der Waals surface area contributed by atoms with Crippen LogP contribution in [0.25, 0.3) is 0 Å². The molecule has 0 aliphatic carbocycles. The Labute approximate surface area is 124 Å². The van der Waals surface area contributed by atoms with Crippen molar-refractivity contribution in [3.05, 3.63) is 0 Å². The molecule has 1 rings (SSSR count). The van der Waals surface area contributed by atoms with E-state index in [-0.39, 0.29) is 30.4 Å². The first-order valence-corrected chi connectivity index (χ1v) is 8.01. The van der Waals surface area contributed by atoms with E-state index in [0.717, 1.165) is 13.0 Å². The maximum absolute atomic E-state index is 6.05. The molecule has 0 amide bonds. The van der Waals surface area contributed by atoms with Crippen LogP contribution in [0.5, 0.6) is 0 Å². The Kier molecular flexibility index (Phi) is 8.77. The van der Waals surface area contributed by atoms with Gasteiger partial charge in [0.25, 0.3) is 0 Å². The molecule has 0 radical (unpaired) electrons. The fourth-order valence-electron chi connectivity index (χ4n) is 2.67. The third-order valence-electron chi connectivity index (χ3n) is 3.61. The smallest absolute Gasteiger partial charge is 0.142 e. The molecule has 0 aromatic heterocycles. The zero-order valence-electron chi connectivity index (χ0n) is 13.8. The van der Waals surface area contributed by atoms with Crippen molar-refractivity contribution in [3.63, 3.8) is 0 Å². The molecule has 0 aromatic rings. The molecule has 5 heteroatoms. The second-order valence-corrected chi connectivity index (χ2v) is 5.88. The minimum atomic E-state index is -0.0314. The summed E-state index contributed by atoms with van der Waals surface area (Å²) in [6, 6.07) is 0.0603. The van der Waals surface area contributed by atoms with Crippen LogP contribution in [0.15, 0.2) is 0 Å². The minimum absolute atomic E-state index is 0.0131. The van der Waals surface area contributed by atoms with E-state index < -0.39 is 0 Å². The predicted octanol–water partition coefficient (Wildman–Crippen LogP) is 1.75. The van der Waals surface area contributed by atoms with E-state index in [0.29, 0.717) is 6.61 Å². The molecule has 1 saturated heterocycles. The zero-order valence-corrected chi connectivity index (χ0v) is 13.8. The van der Waals surface area contributed by atoms with Crippen molar-refractivity contribution in [2.45, 2.75) is 76.9 Å². The van der Waals surface area contributed by atoms with E-state index in [1.807, 2.05) is 13.8 Å². The van der Waals surface area contributed by atoms with Gasteiger partial charge in [0.05, 0.1) is 18.7 Å². The Hall–Kier alpha value is -0.0951. The first-order chi connectivity index (χ1) is 9.60. The number of rotatable bonds is 10. The number of hydrogen-bond acceptors (Lipinski definition) is 4. The van der Waals surface area contributed by atoms with E-state index >= 15 is 0 Å². The summed E-state index contributed by atoms with van der Waals surface area (Å²) in [4.78, 5) is 0. The predicted molar refractivity (Wildman–Crippen MR) is 83.0 cm³/mol. The molecule has 0 N–H and O–H groups in total. The molecule has 1 fully saturated rings. The molecule has 0 saturated carbocycles. The lowest BCUT2D eigenvalue weighted by Crippen LogP contribution is -2.40. The standard InChI is InChI=1S/C15H31BO4/c1-5-6-7-8-9-18-14-13(19-11(2)3)12(10-17-4)20-15(14)16/h11-15H,5-10,16H2,1-4H3/t12-,13?,14?,15-/m1/s1. The van der Waals surface area contributed by atoms with Crippen molar-refractivity contribution < 1.29 is 18.9 Å². The summed E-state index contributed by atoms with van der Waals surface area (Å²) in [6.45, 7) is 7.65. The molecule has 1 aliphatic heterocycles. The molecule has 20 heavy (non-hydrogen) atoms. The van der Waals surface area contributed by atoms with Gasteiger partial charge in [-0.05, 0) is 20.3 Å². The summed E-state index contributed by atoms with van der Waals surface area (Å²) in [6.07, 6.45) is 4.99. The largest absolute Gasteiger partial charge is 0.382 e. The van der Waals surface area contributed by atoms with Gasteiger partial charge in [0.2, 0.25) is 0 Å². The third-order valence-corrected chi connectivity index (χ3v) is 3.61. The summed E-state index contributed by atoms with van der Waals surface area (Å²) in [5.41, 5.74) is 0. The van der Waals surface area contributed by atoms with Gasteiger partial charge < -0.3 is 18.9 Å². The molecular formula is C15H31BO4. The van der Waals surface area contributed by atoms with Crippen LogP contribution in [0, 0.1) is 0 Å². The third kappa shape index (κ3) is 5.72. The summed E-state index contributed by atoms with van der Waals surface area (Å²) in [7, 11) is 3.75. The second-order valence-electron chi connectivity index (χ2n) is 5.88. The van der Waals surface area contributed by atoms with E-state index in [2.05, 4.69) is 14.8 Å². The van der Waals surface area contributed by atoms with Gasteiger partial charge in [0, 0.05) is 13.7 Å². The van der Waals surface area contributed by atoms with Gasteiger partial charge in [-0.25, -0.2) is 0 Å². The Morgan fingerprint density at radius 2 is 1.90 bits per heavy atom. The van der Waals surface area contributed by atoms with Crippen LogP contribution in [-0.2, 0) is 18.9 Å². The van der Waals surface area contributed by atoms with Gasteiger partial charge in [-0.3, -0.25) is 0 Å². The van der Waals surface area contributed by atoms with E-state index in [9.17, 15) is 0 Å². The van der Waals surface area contributed by atoms with Crippen molar-refractivity contribution in [2.24, 2.45) is 0 Å². The van der Waals surface area contributed by atoms with Crippen LogP contribution >= 0.6 is 0 Å². The summed E-state index contributed by atoms with van der Waals surface area (Å²) < 4.78 is 23.2. The Balaban J connectivity index is 2.46. The molecule has 2 unspecified atom stereocenters. The first-order valence-electron chi connectivity index (χ1n) is 8.01. The summed E-state index contributed by atoms with van der Waals surface area (Å²) >= 11 is 0. The van der Waals surface area contributed by atoms with Gasteiger partial charge in [0.15, 0.2) is 0 Å². The minimum Gasteiger partial charge on any atom is -0.382 e. The molecule has 118 valence electrons. The topological polar surface area (TPSA) is 36.9 Å². The van der Waals surface area contributed by atoms with Crippen LogP contribution in [0.1, 0.15) is 46.5 Å². The lowest BCUT2D eigenvalue weighted by molar-refractivity contribution is -0.0958. The highest BCUT2D eigenvalue weighted by atomic mass is 16.6. The number of hydrogen-bond donors (Lipinski definition) is 0. The van der Waals surface area contributed by atoms with Crippen LogP contribution in [0.4, 0.5) is 0 Å². The molecule has 1 heterocycles. The van der Waals surface area contributed by atoms with Crippen LogP contribution in [-0.4, -0.2) is 58.6 Å². The SMILES string of the molecule is B[C@@H]1O[C@H](COC)C(OC(C)C)C1OCCCCCC. The lowest BCUT2D eigenvalue weighted by atomic mass is 9.92. The van der Waals surface area contributed by atoms with Crippen molar-refractivity contribution >= 4 is 7.85 Å².